The lowest BCUT2D eigenvalue weighted by molar-refractivity contribution is -0.140. The van der Waals surface area contributed by atoms with E-state index in [0.717, 1.165) is 0 Å². The number of nitrogens with zero attached hydrogens (tertiary/aromatic N) is 1. The summed E-state index contributed by atoms with van der Waals surface area (Å²) in [6.07, 6.45) is -9.19. The van der Waals surface area contributed by atoms with E-state index in [1.807, 2.05) is 0 Å². The third kappa shape index (κ3) is 2.48. The first-order chi connectivity index (χ1) is 7.66. The third-order valence-corrected chi connectivity index (χ3v) is 1.80. The monoisotopic (exact) mass is 259 g/mol. The quantitative estimate of drug-likeness (QED) is 0.656. The molecule has 94 valence electrons. The lowest BCUT2D eigenvalue weighted by Crippen LogP contribution is -2.18. The number of rotatable bonds is 2. The SMILES string of the molecule is O=C(O)c1cnc(F)c(C(F)F)c1C(F)(F)F. The predicted molar refractivity (Wildman–Crippen MR) is 41.1 cm³/mol. The topological polar surface area (TPSA) is 50.2 Å². The minimum atomic E-state index is -5.41. The van der Waals surface area contributed by atoms with Gasteiger partial charge in [-0.2, -0.15) is 17.6 Å². The van der Waals surface area contributed by atoms with Crippen molar-refractivity contribution in [3.05, 3.63) is 28.8 Å². The molecule has 0 unspecified atom stereocenters. The average molecular weight is 259 g/mol. The Hall–Kier alpha value is -1.80. The molecule has 1 aromatic rings. The van der Waals surface area contributed by atoms with Crippen molar-refractivity contribution in [2.24, 2.45) is 0 Å². The Kier molecular flexibility index (Phi) is 3.30. The Morgan fingerprint density at radius 1 is 1.35 bits per heavy atom. The van der Waals surface area contributed by atoms with Crippen LogP contribution in [-0.2, 0) is 6.18 Å². The third-order valence-electron chi connectivity index (χ3n) is 1.80. The number of carbonyl (C=O) groups is 1. The van der Waals surface area contributed by atoms with Crippen LogP contribution < -0.4 is 0 Å². The van der Waals surface area contributed by atoms with Gasteiger partial charge in [0.15, 0.2) is 0 Å². The summed E-state index contributed by atoms with van der Waals surface area (Å²) in [5.74, 6) is -4.16. The highest BCUT2D eigenvalue weighted by molar-refractivity contribution is 5.89. The van der Waals surface area contributed by atoms with E-state index in [1.165, 1.54) is 0 Å². The molecule has 0 saturated carbocycles. The lowest BCUT2D eigenvalue weighted by Gasteiger charge is -2.14. The number of aromatic carboxylic acids is 1. The second-order valence-corrected chi connectivity index (χ2v) is 2.85. The standard InChI is InChI=1S/C8H3F6NO2/c9-5(10)3-4(8(12,13)14)2(7(16)17)1-15-6(3)11/h1,5H,(H,16,17). The van der Waals surface area contributed by atoms with E-state index < -0.39 is 41.2 Å². The van der Waals surface area contributed by atoms with Crippen molar-refractivity contribution in [3.63, 3.8) is 0 Å². The zero-order valence-electron chi connectivity index (χ0n) is 7.73. The summed E-state index contributed by atoms with van der Waals surface area (Å²) in [4.78, 5) is 13.0. The van der Waals surface area contributed by atoms with Gasteiger partial charge >= 0.3 is 12.1 Å². The maximum atomic E-state index is 12.8. The van der Waals surface area contributed by atoms with Crippen molar-refractivity contribution < 1.29 is 36.2 Å². The van der Waals surface area contributed by atoms with Crippen LogP contribution in [0.1, 0.15) is 27.9 Å². The molecule has 0 radical (unpaired) electrons. The van der Waals surface area contributed by atoms with Gasteiger partial charge in [-0.1, -0.05) is 0 Å². The van der Waals surface area contributed by atoms with Gasteiger partial charge in [0.1, 0.15) is 0 Å². The molecule has 0 aromatic carbocycles. The molecule has 3 nitrogen and oxygen atoms in total. The van der Waals surface area contributed by atoms with Crippen molar-refractivity contribution in [1.29, 1.82) is 0 Å². The van der Waals surface area contributed by atoms with Crippen molar-refractivity contribution in [2.75, 3.05) is 0 Å². The minimum absolute atomic E-state index is 0.0480. The molecule has 0 amide bonds. The van der Waals surface area contributed by atoms with Gasteiger partial charge in [0.05, 0.1) is 16.7 Å². The van der Waals surface area contributed by atoms with Crippen molar-refractivity contribution in [3.8, 4) is 0 Å². The van der Waals surface area contributed by atoms with Crippen molar-refractivity contribution in [2.45, 2.75) is 12.6 Å². The van der Waals surface area contributed by atoms with Gasteiger partial charge < -0.3 is 5.11 Å². The highest BCUT2D eigenvalue weighted by Crippen LogP contribution is 2.39. The summed E-state index contributed by atoms with van der Waals surface area (Å²) in [6, 6.07) is 0. The molecular formula is C8H3F6NO2. The van der Waals surface area contributed by atoms with E-state index in [1.54, 1.807) is 0 Å². The summed E-state index contributed by atoms with van der Waals surface area (Å²) < 4.78 is 74.6. The second-order valence-electron chi connectivity index (χ2n) is 2.85. The highest BCUT2D eigenvalue weighted by Gasteiger charge is 2.42. The molecule has 0 bridgehead atoms. The zero-order valence-corrected chi connectivity index (χ0v) is 7.73. The fraction of sp³-hybridized carbons (Fsp3) is 0.250. The lowest BCUT2D eigenvalue weighted by atomic mass is 10.0. The molecule has 1 N–H and O–H groups in total. The molecule has 1 heterocycles. The molecule has 0 fully saturated rings. The van der Waals surface area contributed by atoms with Gasteiger partial charge in [0.25, 0.3) is 6.43 Å². The highest BCUT2D eigenvalue weighted by atomic mass is 19.4. The van der Waals surface area contributed by atoms with E-state index in [9.17, 15) is 31.1 Å². The molecule has 0 aliphatic carbocycles. The van der Waals surface area contributed by atoms with Crippen molar-refractivity contribution >= 4 is 5.97 Å². The van der Waals surface area contributed by atoms with E-state index in [2.05, 4.69) is 4.98 Å². The Bertz CT molecular complexity index is 456. The Labute approximate surface area is 89.7 Å². The molecule has 17 heavy (non-hydrogen) atoms. The van der Waals surface area contributed by atoms with Gasteiger partial charge in [-0.05, 0) is 0 Å². The van der Waals surface area contributed by atoms with Crippen LogP contribution in [-0.4, -0.2) is 16.1 Å². The Morgan fingerprint density at radius 3 is 2.24 bits per heavy atom. The Morgan fingerprint density at radius 2 is 1.88 bits per heavy atom. The largest absolute Gasteiger partial charge is 0.478 e. The summed E-state index contributed by atoms with van der Waals surface area (Å²) in [7, 11) is 0. The van der Waals surface area contributed by atoms with Crippen LogP contribution in [0.2, 0.25) is 0 Å². The number of aromatic nitrogens is 1. The first kappa shape index (κ1) is 13.3. The van der Waals surface area contributed by atoms with Crippen LogP contribution in [0.3, 0.4) is 0 Å². The minimum Gasteiger partial charge on any atom is -0.478 e. The number of halogens is 6. The average Bonchev–Trinajstić information content (AvgIpc) is 2.14. The normalized spacial score (nSPS) is 11.9. The number of alkyl halides is 5. The van der Waals surface area contributed by atoms with Gasteiger partial charge in [-0.25, -0.2) is 18.6 Å². The molecule has 0 saturated heterocycles. The molecule has 0 atom stereocenters. The molecular weight excluding hydrogens is 256 g/mol. The maximum Gasteiger partial charge on any atom is 0.417 e. The van der Waals surface area contributed by atoms with Gasteiger partial charge in [0, 0.05) is 6.20 Å². The first-order valence-corrected chi connectivity index (χ1v) is 3.93. The van der Waals surface area contributed by atoms with E-state index in [4.69, 9.17) is 5.11 Å². The summed E-state index contributed by atoms with van der Waals surface area (Å²) in [5.41, 5.74) is -5.79. The van der Waals surface area contributed by atoms with Gasteiger partial charge in [0.2, 0.25) is 5.95 Å². The van der Waals surface area contributed by atoms with E-state index in [0.29, 0.717) is 0 Å². The molecule has 1 rings (SSSR count). The van der Waals surface area contributed by atoms with Crippen LogP contribution in [0.25, 0.3) is 0 Å². The molecule has 0 spiro atoms. The summed E-state index contributed by atoms with van der Waals surface area (Å²) in [6.45, 7) is 0. The summed E-state index contributed by atoms with van der Waals surface area (Å²) >= 11 is 0. The molecule has 1 aromatic heterocycles. The fourth-order valence-electron chi connectivity index (χ4n) is 1.17. The number of carboxylic acids is 1. The van der Waals surface area contributed by atoms with Gasteiger partial charge in [-0.3, -0.25) is 0 Å². The van der Waals surface area contributed by atoms with Gasteiger partial charge in [-0.15, -0.1) is 0 Å². The van der Waals surface area contributed by atoms with Crippen LogP contribution in [0.4, 0.5) is 26.3 Å². The second kappa shape index (κ2) is 4.22. The number of hydrogen-bond acceptors (Lipinski definition) is 2. The fourth-order valence-corrected chi connectivity index (χ4v) is 1.17. The summed E-state index contributed by atoms with van der Waals surface area (Å²) in [5, 5.41) is 8.42. The number of pyridine rings is 1. The number of carboxylic acid groups (broad SMARTS) is 1. The number of hydrogen-bond donors (Lipinski definition) is 1. The van der Waals surface area contributed by atoms with Crippen LogP contribution in [0.5, 0.6) is 0 Å². The smallest absolute Gasteiger partial charge is 0.417 e. The molecule has 0 aliphatic heterocycles. The van der Waals surface area contributed by atoms with E-state index >= 15 is 0 Å². The molecule has 9 heteroatoms. The molecule has 0 aliphatic rings. The Balaban J connectivity index is 3.68. The zero-order chi connectivity index (χ0) is 13.4. The van der Waals surface area contributed by atoms with E-state index in [-0.39, 0.29) is 6.20 Å². The maximum absolute atomic E-state index is 12.8. The van der Waals surface area contributed by atoms with Crippen molar-refractivity contribution in [1.82, 2.24) is 4.98 Å². The predicted octanol–water partition coefficient (Wildman–Crippen LogP) is 2.88. The van der Waals surface area contributed by atoms with Crippen LogP contribution in [0.15, 0.2) is 6.20 Å². The first-order valence-electron chi connectivity index (χ1n) is 3.93. The van der Waals surface area contributed by atoms with Crippen LogP contribution >= 0.6 is 0 Å². The van der Waals surface area contributed by atoms with Crippen LogP contribution in [0, 0.1) is 5.95 Å².